The maximum atomic E-state index is 12.6. The molecule has 0 saturated carbocycles. The average Bonchev–Trinajstić information content (AvgIpc) is 2.52. The van der Waals surface area contributed by atoms with Crippen molar-refractivity contribution in [3.05, 3.63) is 58.0 Å². The van der Waals surface area contributed by atoms with E-state index in [9.17, 15) is 9.59 Å². The van der Waals surface area contributed by atoms with Crippen molar-refractivity contribution in [3.63, 3.8) is 0 Å². The maximum absolute atomic E-state index is 12.6. The first-order chi connectivity index (χ1) is 11.8. The molecule has 0 aliphatic heterocycles. The number of allylic oxidation sites excluding steroid dienone is 2. The fraction of sp³-hybridized carbons (Fsp3) is 0.300. The van der Waals surface area contributed by atoms with E-state index < -0.39 is 5.63 Å². The monoisotopic (exact) mass is 342 g/mol. The second-order valence-electron chi connectivity index (χ2n) is 6.09. The molecular weight excluding hydrogens is 320 g/mol. The average molecular weight is 342 g/mol. The quantitative estimate of drug-likeness (QED) is 0.325. The summed E-state index contributed by atoms with van der Waals surface area (Å²) in [6.07, 6.45) is 2.17. The highest BCUT2D eigenvalue weighted by Gasteiger charge is 2.21. The first-order valence-electron chi connectivity index (χ1n) is 7.94. The molecule has 0 atom stereocenters. The molecule has 132 valence electrons. The number of fused-ring (bicyclic) bond motifs is 1. The number of hydrogen-bond acceptors (Lipinski definition) is 5. The molecule has 5 heteroatoms. The first kappa shape index (κ1) is 18.5. The Kier molecular flexibility index (Phi) is 5.80. The molecule has 0 bridgehead atoms. The Balaban J connectivity index is 2.66. The lowest BCUT2D eigenvalue weighted by molar-refractivity contribution is 0.104. The second kappa shape index (κ2) is 7.83. The molecule has 0 N–H and O–H groups in total. The number of ketones is 1. The Morgan fingerprint density at radius 1 is 1.24 bits per heavy atom. The molecule has 1 aromatic carbocycles. The highest BCUT2D eigenvalue weighted by atomic mass is 16.5. The van der Waals surface area contributed by atoms with Crippen LogP contribution >= 0.6 is 0 Å². The summed E-state index contributed by atoms with van der Waals surface area (Å²) in [6.45, 7) is 9.82. The van der Waals surface area contributed by atoms with E-state index in [-0.39, 0.29) is 16.9 Å². The fourth-order valence-corrected chi connectivity index (χ4v) is 2.36. The zero-order chi connectivity index (χ0) is 18.6. The number of ether oxygens (including phenoxy) is 2. The summed E-state index contributed by atoms with van der Waals surface area (Å²) in [7, 11) is 1.46. The topological polar surface area (TPSA) is 65.7 Å². The van der Waals surface area contributed by atoms with Crippen molar-refractivity contribution in [2.45, 2.75) is 27.2 Å². The Morgan fingerprint density at radius 2 is 1.96 bits per heavy atom. The van der Waals surface area contributed by atoms with E-state index in [1.54, 1.807) is 12.1 Å². The van der Waals surface area contributed by atoms with E-state index in [1.807, 2.05) is 20.8 Å². The largest absolute Gasteiger partial charge is 0.496 e. The van der Waals surface area contributed by atoms with Crippen molar-refractivity contribution in [3.8, 4) is 11.5 Å². The predicted molar refractivity (Wildman–Crippen MR) is 97.7 cm³/mol. The van der Waals surface area contributed by atoms with Gasteiger partial charge in [0.05, 0.1) is 19.1 Å². The van der Waals surface area contributed by atoms with Crippen LogP contribution in [0.4, 0.5) is 0 Å². The molecule has 0 saturated heterocycles. The van der Waals surface area contributed by atoms with Crippen LogP contribution in [0.1, 0.15) is 37.6 Å². The number of carbonyl (C=O) groups excluding carboxylic acids is 1. The molecule has 0 aliphatic carbocycles. The van der Waals surface area contributed by atoms with Gasteiger partial charge >= 0.3 is 5.63 Å². The van der Waals surface area contributed by atoms with Crippen LogP contribution in [0.15, 0.2) is 51.2 Å². The third-order valence-electron chi connectivity index (χ3n) is 3.51. The third-order valence-corrected chi connectivity index (χ3v) is 3.51. The van der Waals surface area contributed by atoms with E-state index in [0.717, 1.165) is 11.1 Å². The highest BCUT2D eigenvalue weighted by molar-refractivity contribution is 6.15. The summed E-state index contributed by atoms with van der Waals surface area (Å²) in [5.74, 6) is 0.505. The Morgan fingerprint density at radius 3 is 2.56 bits per heavy atom. The number of rotatable bonds is 7. The Labute approximate surface area is 146 Å². The molecular formula is C20H22O5. The van der Waals surface area contributed by atoms with Crippen LogP contribution in [0.5, 0.6) is 11.5 Å². The van der Waals surface area contributed by atoms with Gasteiger partial charge in [0, 0.05) is 18.6 Å². The van der Waals surface area contributed by atoms with Crippen molar-refractivity contribution in [1.29, 1.82) is 0 Å². The summed E-state index contributed by atoms with van der Waals surface area (Å²) in [6, 6.07) is 4.54. The SMILES string of the molecule is C=C(C)CCOc1cc(OC)c(C(=O)C=C(C)C)c2oc(=O)ccc12. The van der Waals surface area contributed by atoms with Crippen LogP contribution in [0, 0.1) is 0 Å². The molecule has 2 rings (SSSR count). The van der Waals surface area contributed by atoms with Gasteiger partial charge in [-0.25, -0.2) is 4.79 Å². The lowest BCUT2D eigenvalue weighted by atomic mass is 10.0. The van der Waals surface area contributed by atoms with E-state index >= 15 is 0 Å². The van der Waals surface area contributed by atoms with Crippen LogP contribution in [-0.2, 0) is 0 Å². The molecule has 0 unspecified atom stereocenters. The van der Waals surface area contributed by atoms with Gasteiger partial charge in [-0.3, -0.25) is 4.79 Å². The van der Waals surface area contributed by atoms with Crippen LogP contribution in [0.25, 0.3) is 11.0 Å². The smallest absolute Gasteiger partial charge is 0.336 e. The second-order valence-corrected chi connectivity index (χ2v) is 6.09. The zero-order valence-corrected chi connectivity index (χ0v) is 15.0. The highest BCUT2D eigenvalue weighted by Crippen LogP contribution is 2.36. The molecule has 0 amide bonds. The molecule has 1 heterocycles. The minimum atomic E-state index is -0.542. The van der Waals surface area contributed by atoms with Gasteiger partial charge in [0.25, 0.3) is 0 Å². The van der Waals surface area contributed by atoms with Gasteiger partial charge in [-0.1, -0.05) is 11.1 Å². The van der Waals surface area contributed by atoms with Crippen molar-refractivity contribution >= 4 is 16.8 Å². The van der Waals surface area contributed by atoms with Gasteiger partial charge in [-0.15, -0.1) is 6.58 Å². The Hall–Kier alpha value is -2.82. The normalized spacial score (nSPS) is 10.4. The fourth-order valence-electron chi connectivity index (χ4n) is 2.36. The van der Waals surface area contributed by atoms with Gasteiger partial charge in [0.15, 0.2) is 11.4 Å². The zero-order valence-electron chi connectivity index (χ0n) is 15.0. The van der Waals surface area contributed by atoms with Crippen molar-refractivity contribution in [2.75, 3.05) is 13.7 Å². The van der Waals surface area contributed by atoms with Gasteiger partial charge in [-0.05, 0) is 32.9 Å². The lowest BCUT2D eigenvalue weighted by Gasteiger charge is -2.14. The van der Waals surface area contributed by atoms with Crippen molar-refractivity contribution in [1.82, 2.24) is 0 Å². The van der Waals surface area contributed by atoms with Gasteiger partial charge in [0.2, 0.25) is 0 Å². The Bertz CT molecular complexity index is 898. The van der Waals surface area contributed by atoms with Gasteiger partial charge in [-0.2, -0.15) is 0 Å². The number of methoxy groups -OCH3 is 1. The molecule has 0 radical (unpaired) electrons. The van der Waals surface area contributed by atoms with Crippen LogP contribution in [0.3, 0.4) is 0 Å². The minimum Gasteiger partial charge on any atom is -0.496 e. The van der Waals surface area contributed by atoms with Crippen LogP contribution in [-0.4, -0.2) is 19.5 Å². The van der Waals surface area contributed by atoms with Crippen molar-refractivity contribution < 1.29 is 18.7 Å². The summed E-state index contributed by atoms with van der Waals surface area (Å²) >= 11 is 0. The summed E-state index contributed by atoms with van der Waals surface area (Å²) < 4.78 is 16.5. The summed E-state index contributed by atoms with van der Waals surface area (Å²) in [5, 5.41) is 0.549. The standard InChI is InChI=1S/C20H22O5/c1-12(2)8-9-24-16-11-17(23-5)19(15(21)10-13(3)4)20-14(16)6-7-18(22)25-20/h6-7,10-11H,1,8-9H2,2-5H3. The van der Waals surface area contributed by atoms with E-state index in [4.69, 9.17) is 13.9 Å². The van der Waals surface area contributed by atoms with Crippen LogP contribution < -0.4 is 15.1 Å². The molecule has 1 aromatic heterocycles. The first-order valence-corrected chi connectivity index (χ1v) is 7.94. The van der Waals surface area contributed by atoms with Gasteiger partial charge in [0.1, 0.15) is 17.1 Å². The molecule has 2 aromatic rings. The minimum absolute atomic E-state index is 0.166. The summed E-state index contributed by atoms with van der Waals surface area (Å²) in [5.41, 5.74) is 1.67. The van der Waals surface area contributed by atoms with Gasteiger partial charge < -0.3 is 13.9 Å². The third kappa shape index (κ3) is 4.38. The molecule has 25 heavy (non-hydrogen) atoms. The van der Waals surface area contributed by atoms with E-state index in [2.05, 4.69) is 6.58 Å². The molecule has 0 fully saturated rings. The van der Waals surface area contributed by atoms with Crippen molar-refractivity contribution in [2.24, 2.45) is 0 Å². The summed E-state index contributed by atoms with van der Waals surface area (Å²) in [4.78, 5) is 24.3. The van der Waals surface area contributed by atoms with E-state index in [1.165, 1.54) is 19.3 Å². The molecule has 5 nitrogen and oxygen atoms in total. The lowest BCUT2D eigenvalue weighted by Crippen LogP contribution is -2.06. The number of carbonyl (C=O) groups is 1. The number of benzene rings is 1. The van der Waals surface area contributed by atoms with E-state index in [0.29, 0.717) is 29.9 Å². The van der Waals surface area contributed by atoms with Crippen LogP contribution in [0.2, 0.25) is 0 Å². The molecule has 0 spiro atoms. The predicted octanol–water partition coefficient (Wildman–Crippen LogP) is 4.30. The maximum Gasteiger partial charge on any atom is 0.336 e. The molecule has 0 aliphatic rings. The number of hydrogen-bond donors (Lipinski definition) is 0.